The molecule has 2 N–H and O–H groups in total. The van der Waals surface area contributed by atoms with Gasteiger partial charge in [-0.1, -0.05) is 18.2 Å². The van der Waals surface area contributed by atoms with Crippen molar-refractivity contribution < 1.29 is 0 Å². The lowest BCUT2D eigenvalue weighted by molar-refractivity contribution is 1.15. The van der Waals surface area contributed by atoms with Crippen molar-refractivity contribution in [3.8, 4) is 11.4 Å². The standard InChI is InChI=1S/C12H9N5/c13-12-15-6-9(7-16-12)11-14-5-8-3-1-2-4-10(8)17-11/h1-7H,(H2,13,15,16). The van der Waals surface area contributed by atoms with Crippen molar-refractivity contribution in [2.75, 3.05) is 5.73 Å². The van der Waals surface area contributed by atoms with Gasteiger partial charge in [-0.25, -0.2) is 19.9 Å². The van der Waals surface area contributed by atoms with Crippen LogP contribution in [-0.4, -0.2) is 19.9 Å². The second kappa shape index (κ2) is 3.79. The molecule has 3 aromatic rings. The molecule has 0 aliphatic rings. The second-order valence-corrected chi connectivity index (χ2v) is 3.58. The lowest BCUT2D eigenvalue weighted by Crippen LogP contribution is -1.96. The van der Waals surface area contributed by atoms with Crippen LogP contribution in [0.15, 0.2) is 42.9 Å². The van der Waals surface area contributed by atoms with E-state index in [0.29, 0.717) is 5.82 Å². The van der Waals surface area contributed by atoms with Gasteiger partial charge >= 0.3 is 0 Å². The van der Waals surface area contributed by atoms with Crippen molar-refractivity contribution >= 4 is 16.9 Å². The number of fused-ring (bicyclic) bond motifs is 1. The van der Waals surface area contributed by atoms with E-state index in [1.165, 1.54) is 0 Å². The van der Waals surface area contributed by atoms with E-state index in [0.717, 1.165) is 16.5 Å². The van der Waals surface area contributed by atoms with Gasteiger partial charge in [0.15, 0.2) is 5.82 Å². The van der Waals surface area contributed by atoms with Gasteiger partial charge in [0.25, 0.3) is 0 Å². The summed E-state index contributed by atoms with van der Waals surface area (Å²) in [4.78, 5) is 16.6. The Morgan fingerprint density at radius 3 is 2.47 bits per heavy atom. The first-order valence-electron chi connectivity index (χ1n) is 5.12. The molecule has 0 atom stereocenters. The van der Waals surface area contributed by atoms with Crippen molar-refractivity contribution in [2.45, 2.75) is 0 Å². The third-order valence-corrected chi connectivity index (χ3v) is 2.42. The molecular weight excluding hydrogens is 214 g/mol. The van der Waals surface area contributed by atoms with E-state index in [2.05, 4.69) is 19.9 Å². The molecule has 0 saturated heterocycles. The highest BCUT2D eigenvalue weighted by atomic mass is 15.0. The molecular formula is C12H9N5. The second-order valence-electron chi connectivity index (χ2n) is 3.58. The van der Waals surface area contributed by atoms with Crippen molar-refractivity contribution in [1.82, 2.24) is 19.9 Å². The minimum absolute atomic E-state index is 0.245. The number of para-hydroxylation sites is 1. The van der Waals surface area contributed by atoms with E-state index >= 15 is 0 Å². The van der Waals surface area contributed by atoms with Crippen LogP contribution in [0.5, 0.6) is 0 Å². The topological polar surface area (TPSA) is 77.6 Å². The molecule has 0 spiro atoms. The molecule has 2 aromatic heterocycles. The van der Waals surface area contributed by atoms with Gasteiger partial charge in [-0.05, 0) is 6.07 Å². The Balaban J connectivity index is 2.14. The number of hydrogen-bond donors (Lipinski definition) is 1. The lowest BCUT2D eigenvalue weighted by atomic mass is 10.2. The van der Waals surface area contributed by atoms with Crippen molar-refractivity contribution in [1.29, 1.82) is 0 Å². The van der Waals surface area contributed by atoms with Crippen molar-refractivity contribution in [3.63, 3.8) is 0 Å². The maximum Gasteiger partial charge on any atom is 0.219 e. The van der Waals surface area contributed by atoms with Gasteiger partial charge in [0, 0.05) is 24.0 Å². The number of nitrogens with zero attached hydrogens (tertiary/aromatic N) is 4. The zero-order valence-corrected chi connectivity index (χ0v) is 8.91. The predicted molar refractivity (Wildman–Crippen MR) is 65.0 cm³/mol. The van der Waals surface area contributed by atoms with Crippen LogP contribution in [0.3, 0.4) is 0 Å². The molecule has 2 heterocycles. The summed E-state index contributed by atoms with van der Waals surface area (Å²) in [6, 6.07) is 7.81. The number of nitrogens with two attached hydrogens (primary N) is 1. The predicted octanol–water partition coefficient (Wildman–Crippen LogP) is 1.67. The fraction of sp³-hybridized carbons (Fsp3) is 0. The molecule has 17 heavy (non-hydrogen) atoms. The molecule has 0 bridgehead atoms. The monoisotopic (exact) mass is 223 g/mol. The summed E-state index contributed by atoms with van der Waals surface area (Å²) in [5.74, 6) is 0.846. The largest absolute Gasteiger partial charge is 0.368 e. The number of anilines is 1. The van der Waals surface area contributed by atoms with E-state index in [1.807, 2.05) is 24.3 Å². The normalized spacial score (nSPS) is 10.6. The van der Waals surface area contributed by atoms with Crippen LogP contribution in [0.2, 0.25) is 0 Å². The highest BCUT2D eigenvalue weighted by molar-refractivity contribution is 5.79. The third-order valence-electron chi connectivity index (χ3n) is 2.42. The zero-order valence-electron chi connectivity index (χ0n) is 8.91. The highest BCUT2D eigenvalue weighted by Crippen LogP contribution is 2.16. The molecule has 0 fully saturated rings. The van der Waals surface area contributed by atoms with Gasteiger partial charge in [0.05, 0.1) is 11.1 Å². The molecule has 1 aromatic carbocycles. The van der Waals surface area contributed by atoms with Gasteiger partial charge in [-0.2, -0.15) is 0 Å². The van der Waals surface area contributed by atoms with E-state index < -0.39 is 0 Å². The first kappa shape index (κ1) is 9.65. The lowest BCUT2D eigenvalue weighted by Gasteiger charge is -2.01. The SMILES string of the molecule is Nc1ncc(-c2ncc3ccccc3n2)cn1. The molecule has 5 nitrogen and oxygen atoms in total. The van der Waals surface area contributed by atoms with Gasteiger partial charge in [-0.15, -0.1) is 0 Å². The van der Waals surface area contributed by atoms with E-state index in [1.54, 1.807) is 18.6 Å². The first-order valence-corrected chi connectivity index (χ1v) is 5.12. The molecule has 5 heteroatoms. The van der Waals surface area contributed by atoms with Crippen LogP contribution in [0, 0.1) is 0 Å². The number of hydrogen-bond acceptors (Lipinski definition) is 5. The summed E-state index contributed by atoms with van der Waals surface area (Å²) in [6.45, 7) is 0. The average molecular weight is 223 g/mol. The van der Waals surface area contributed by atoms with Crippen molar-refractivity contribution in [3.05, 3.63) is 42.9 Å². The number of benzene rings is 1. The van der Waals surface area contributed by atoms with Crippen LogP contribution >= 0.6 is 0 Å². The number of nitrogen functional groups attached to an aromatic ring is 1. The fourth-order valence-electron chi connectivity index (χ4n) is 1.56. The summed E-state index contributed by atoms with van der Waals surface area (Å²) in [7, 11) is 0. The van der Waals surface area contributed by atoms with E-state index in [4.69, 9.17) is 5.73 Å². The first-order chi connectivity index (χ1) is 8.33. The summed E-state index contributed by atoms with van der Waals surface area (Å²) in [5.41, 5.74) is 7.08. The maximum absolute atomic E-state index is 5.43. The van der Waals surface area contributed by atoms with Crippen LogP contribution in [0.1, 0.15) is 0 Å². The van der Waals surface area contributed by atoms with Crippen LogP contribution in [0.25, 0.3) is 22.3 Å². The summed E-state index contributed by atoms with van der Waals surface area (Å²) in [5, 5.41) is 1.01. The summed E-state index contributed by atoms with van der Waals surface area (Å²) >= 11 is 0. The Kier molecular flexibility index (Phi) is 2.15. The maximum atomic E-state index is 5.43. The fourth-order valence-corrected chi connectivity index (χ4v) is 1.56. The van der Waals surface area contributed by atoms with Gasteiger partial charge < -0.3 is 5.73 Å². The zero-order chi connectivity index (χ0) is 11.7. The Bertz CT molecular complexity index is 663. The quantitative estimate of drug-likeness (QED) is 0.679. The Labute approximate surface area is 97.4 Å². The minimum Gasteiger partial charge on any atom is -0.368 e. The molecule has 0 unspecified atom stereocenters. The molecule has 0 saturated carbocycles. The third kappa shape index (κ3) is 1.78. The highest BCUT2D eigenvalue weighted by Gasteiger charge is 2.03. The molecule has 0 aliphatic carbocycles. The Hall–Kier alpha value is -2.56. The van der Waals surface area contributed by atoms with E-state index in [9.17, 15) is 0 Å². The molecule has 0 aliphatic heterocycles. The van der Waals surface area contributed by atoms with Crippen LogP contribution in [-0.2, 0) is 0 Å². The van der Waals surface area contributed by atoms with Gasteiger partial charge in [0.1, 0.15) is 0 Å². The smallest absolute Gasteiger partial charge is 0.219 e. The van der Waals surface area contributed by atoms with Crippen LogP contribution < -0.4 is 5.73 Å². The molecule has 82 valence electrons. The van der Waals surface area contributed by atoms with Gasteiger partial charge in [0.2, 0.25) is 5.95 Å². The number of rotatable bonds is 1. The minimum atomic E-state index is 0.245. The Morgan fingerprint density at radius 2 is 1.65 bits per heavy atom. The van der Waals surface area contributed by atoms with Crippen molar-refractivity contribution in [2.24, 2.45) is 0 Å². The summed E-state index contributed by atoms with van der Waals surface area (Å²) < 4.78 is 0. The molecule has 0 radical (unpaired) electrons. The van der Waals surface area contributed by atoms with Crippen LogP contribution in [0.4, 0.5) is 5.95 Å². The van der Waals surface area contributed by atoms with E-state index in [-0.39, 0.29) is 5.95 Å². The average Bonchev–Trinajstić information content (AvgIpc) is 2.39. The molecule has 0 amide bonds. The Morgan fingerprint density at radius 1 is 0.882 bits per heavy atom. The van der Waals surface area contributed by atoms with Gasteiger partial charge in [-0.3, -0.25) is 0 Å². The summed E-state index contributed by atoms with van der Waals surface area (Å²) in [6.07, 6.45) is 5.02. The molecule has 3 rings (SSSR count). The number of aromatic nitrogens is 4.